The van der Waals surface area contributed by atoms with Gasteiger partial charge < -0.3 is 5.32 Å². The first-order valence-corrected chi connectivity index (χ1v) is 12.6. The summed E-state index contributed by atoms with van der Waals surface area (Å²) in [6.07, 6.45) is 5.02. The summed E-state index contributed by atoms with van der Waals surface area (Å²) in [5.74, 6) is 0.164. The van der Waals surface area contributed by atoms with Crippen LogP contribution in [0, 0.1) is 29.9 Å². The third-order valence-corrected chi connectivity index (χ3v) is 7.94. The number of non-ortho nitro benzene ring substituents is 1. The van der Waals surface area contributed by atoms with Crippen LogP contribution in [-0.2, 0) is 10.0 Å². The summed E-state index contributed by atoms with van der Waals surface area (Å²) in [4.78, 5) is 11.1. The second-order valence-electron chi connectivity index (χ2n) is 9.06. The number of nitro benzene ring substituents is 1. The SMILES string of the molecule is Cc1cc(C)cc(NS(=O)(=O)c2ccc3c(c2)C2C=CCC2C(c2cccc([N+](=O)[O-])c2)N3)c1. The van der Waals surface area contributed by atoms with Crippen LogP contribution in [0.1, 0.15) is 40.6 Å². The lowest BCUT2D eigenvalue weighted by atomic mass is 9.77. The Bertz CT molecular complexity index is 1410. The summed E-state index contributed by atoms with van der Waals surface area (Å²) < 4.78 is 29.1. The van der Waals surface area contributed by atoms with Gasteiger partial charge in [-0.3, -0.25) is 14.8 Å². The van der Waals surface area contributed by atoms with Crippen LogP contribution in [-0.4, -0.2) is 13.3 Å². The fourth-order valence-electron chi connectivity index (χ4n) is 5.15. The largest absolute Gasteiger partial charge is 0.378 e. The molecule has 3 unspecified atom stereocenters. The van der Waals surface area contributed by atoms with Gasteiger partial charge in [0.2, 0.25) is 0 Å². The molecule has 8 heteroatoms. The van der Waals surface area contributed by atoms with Crippen molar-refractivity contribution >= 4 is 27.1 Å². The predicted molar refractivity (Wildman–Crippen MR) is 133 cm³/mol. The Labute approximate surface area is 198 Å². The van der Waals surface area contributed by atoms with Gasteiger partial charge >= 0.3 is 0 Å². The van der Waals surface area contributed by atoms with Gasteiger partial charge in [0.25, 0.3) is 15.7 Å². The van der Waals surface area contributed by atoms with Gasteiger partial charge in [0.15, 0.2) is 0 Å². The maximum Gasteiger partial charge on any atom is 0.269 e. The molecule has 0 bridgehead atoms. The molecule has 1 heterocycles. The number of anilines is 2. The van der Waals surface area contributed by atoms with Crippen molar-refractivity contribution in [1.82, 2.24) is 0 Å². The van der Waals surface area contributed by atoms with Crippen LogP contribution < -0.4 is 10.0 Å². The molecule has 2 aliphatic rings. The maximum absolute atomic E-state index is 13.2. The molecule has 0 saturated heterocycles. The van der Waals surface area contributed by atoms with Crippen LogP contribution in [0.5, 0.6) is 0 Å². The topological polar surface area (TPSA) is 101 Å². The highest BCUT2D eigenvalue weighted by Gasteiger charge is 2.38. The monoisotopic (exact) mass is 475 g/mol. The molecule has 3 aromatic rings. The number of hydrogen-bond donors (Lipinski definition) is 2. The number of nitrogens with one attached hydrogen (secondary N) is 2. The van der Waals surface area contributed by atoms with E-state index in [0.717, 1.165) is 34.4 Å². The van der Waals surface area contributed by atoms with Crippen molar-refractivity contribution in [3.05, 3.63) is 105 Å². The molecule has 3 aromatic carbocycles. The van der Waals surface area contributed by atoms with E-state index in [4.69, 9.17) is 0 Å². The van der Waals surface area contributed by atoms with Crippen LogP contribution in [0.2, 0.25) is 0 Å². The molecule has 0 aromatic heterocycles. The lowest BCUT2D eigenvalue weighted by molar-refractivity contribution is -0.384. The molecular formula is C26H25N3O4S. The lowest BCUT2D eigenvalue weighted by Gasteiger charge is -2.37. The van der Waals surface area contributed by atoms with E-state index in [1.54, 1.807) is 30.3 Å². The molecule has 0 radical (unpaired) electrons. The normalized spacial score (nSPS) is 20.8. The van der Waals surface area contributed by atoms with E-state index in [9.17, 15) is 18.5 Å². The van der Waals surface area contributed by atoms with Crippen LogP contribution in [0.15, 0.2) is 77.7 Å². The molecular weight excluding hydrogens is 450 g/mol. The number of aryl methyl sites for hydroxylation is 2. The molecule has 5 rings (SSSR count). The van der Waals surface area contributed by atoms with Crippen molar-refractivity contribution in [2.45, 2.75) is 37.1 Å². The van der Waals surface area contributed by atoms with Crippen molar-refractivity contribution < 1.29 is 13.3 Å². The smallest absolute Gasteiger partial charge is 0.269 e. The fraction of sp³-hybridized carbons (Fsp3) is 0.231. The lowest BCUT2D eigenvalue weighted by Crippen LogP contribution is -2.29. The van der Waals surface area contributed by atoms with Crippen molar-refractivity contribution in [3.8, 4) is 0 Å². The first kappa shape index (κ1) is 22.2. The zero-order valence-electron chi connectivity index (χ0n) is 18.9. The maximum atomic E-state index is 13.2. The zero-order valence-corrected chi connectivity index (χ0v) is 19.7. The van der Waals surface area contributed by atoms with E-state index in [0.29, 0.717) is 5.69 Å². The van der Waals surface area contributed by atoms with Gasteiger partial charge in [-0.25, -0.2) is 8.42 Å². The summed E-state index contributed by atoms with van der Waals surface area (Å²) in [7, 11) is -3.77. The Kier molecular flexibility index (Phi) is 5.40. The average molecular weight is 476 g/mol. The summed E-state index contributed by atoms with van der Waals surface area (Å²) in [5.41, 5.74) is 5.19. The van der Waals surface area contributed by atoms with E-state index in [-0.39, 0.29) is 33.4 Å². The molecule has 3 atom stereocenters. The van der Waals surface area contributed by atoms with Gasteiger partial charge in [-0.1, -0.05) is 30.4 Å². The zero-order chi connectivity index (χ0) is 24.0. The minimum atomic E-state index is -3.77. The van der Waals surface area contributed by atoms with Crippen LogP contribution in [0.3, 0.4) is 0 Å². The predicted octanol–water partition coefficient (Wildman–Crippen LogP) is 5.84. The first-order valence-electron chi connectivity index (χ1n) is 11.1. The van der Waals surface area contributed by atoms with Crippen LogP contribution >= 0.6 is 0 Å². The van der Waals surface area contributed by atoms with Gasteiger partial charge in [0.1, 0.15) is 0 Å². The molecule has 2 N–H and O–H groups in total. The third kappa shape index (κ3) is 4.05. The highest BCUT2D eigenvalue weighted by molar-refractivity contribution is 7.92. The summed E-state index contributed by atoms with van der Waals surface area (Å²) in [6.45, 7) is 3.86. The molecule has 174 valence electrons. The minimum absolute atomic E-state index is 0.0249. The highest BCUT2D eigenvalue weighted by Crippen LogP contribution is 2.50. The standard InChI is InChI=1S/C26H25N3O4S/c1-16-11-17(2)13-19(12-16)28-34(32,33)21-9-10-25-24(15-21)22-7-4-8-23(22)26(27-25)18-5-3-6-20(14-18)29(30)31/h3-7,9-15,22-23,26-28H,8H2,1-2H3. The molecule has 0 fully saturated rings. The van der Waals surface area contributed by atoms with Crippen molar-refractivity contribution in [2.75, 3.05) is 10.0 Å². The Morgan fingerprint density at radius 3 is 2.53 bits per heavy atom. The van der Waals surface area contributed by atoms with Crippen LogP contribution in [0.4, 0.5) is 17.1 Å². The molecule has 34 heavy (non-hydrogen) atoms. The Morgan fingerprint density at radius 1 is 1.03 bits per heavy atom. The highest BCUT2D eigenvalue weighted by atomic mass is 32.2. The van der Waals surface area contributed by atoms with E-state index < -0.39 is 10.0 Å². The molecule has 1 aliphatic heterocycles. The number of benzene rings is 3. The molecule has 7 nitrogen and oxygen atoms in total. The summed E-state index contributed by atoms with van der Waals surface area (Å²) in [5, 5.41) is 14.8. The second kappa shape index (κ2) is 8.29. The van der Waals surface area contributed by atoms with E-state index >= 15 is 0 Å². The molecule has 0 amide bonds. The van der Waals surface area contributed by atoms with Crippen molar-refractivity contribution in [2.24, 2.45) is 5.92 Å². The van der Waals surface area contributed by atoms with Crippen molar-refractivity contribution in [3.63, 3.8) is 0 Å². The number of sulfonamides is 1. The molecule has 0 spiro atoms. The fourth-order valence-corrected chi connectivity index (χ4v) is 6.22. The molecule has 1 aliphatic carbocycles. The van der Waals surface area contributed by atoms with Gasteiger partial charge in [-0.05, 0) is 78.8 Å². The molecule has 0 saturated carbocycles. The first-order chi connectivity index (χ1) is 16.2. The van der Waals surface area contributed by atoms with E-state index in [1.165, 1.54) is 6.07 Å². The van der Waals surface area contributed by atoms with Crippen LogP contribution in [0.25, 0.3) is 0 Å². The number of nitrogens with zero attached hydrogens (tertiary/aromatic N) is 1. The second-order valence-corrected chi connectivity index (χ2v) is 10.7. The number of fused-ring (bicyclic) bond motifs is 3. The Hall–Kier alpha value is -3.65. The summed E-state index contributed by atoms with van der Waals surface area (Å²) in [6, 6.07) is 17.3. The number of rotatable bonds is 5. The minimum Gasteiger partial charge on any atom is -0.378 e. The third-order valence-electron chi connectivity index (χ3n) is 6.56. The number of nitro groups is 1. The Balaban J connectivity index is 1.49. The van der Waals surface area contributed by atoms with E-state index in [2.05, 4.69) is 22.2 Å². The summed E-state index contributed by atoms with van der Waals surface area (Å²) >= 11 is 0. The number of allylic oxidation sites excluding steroid dienone is 2. The van der Waals surface area contributed by atoms with Gasteiger partial charge in [0, 0.05) is 29.4 Å². The van der Waals surface area contributed by atoms with Crippen molar-refractivity contribution in [1.29, 1.82) is 0 Å². The van der Waals surface area contributed by atoms with Gasteiger partial charge in [-0.15, -0.1) is 0 Å². The van der Waals surface area contributed by atoms with Gasteiger partial charge in [0.05, 0.1) is 15.9 Å². The van der Waals surface area contributed by atoms with Gasteiger partial charge in [-0.2, -0.15) is 0 Å². The number of hydrogen-bond acceptors (Lipinski definition) is 5. The van der Waals surface area contributed by atoms with E-state index in [1.807, 2.05) is 38.1 Å². The average Bonchev–Trinajstić information content (AvgIpc) is 3.27. The Morgan fingerprint density at radius 2 is 1.79 bits per heavy atom. The quantitative estimate of drug-likeness (QED) is 0.274.